The molecule has 0 radical (unpaired) electrons. The number of carbonyl (C=O) groups is 4. The summed E-state index contributed by atoms with van der Waals surface area (Å²) in [6.45, 7) is 3.89. The number of nitrogens with zero attached hydrogens (tertiary/aromatic N) is 2. The van der Waals surface area contributed by atoms with Gasteiger partial charge in [0.15, 0.2) is 12.1 Å². The fourth-order valence-corrected chi connectivity index (χ4v) is 4.56. The number of aromatic amines is 1. The van der Waals surface area contributed by atoms with Gasteiger partial charge >= 0.3 is 11.8 Å². The monoisotopic (exact) mass is 405 g/mol. The normalized spacial score (nSPS) is 29.8. The number of imide groups is 1. The topological polar surface area (TPSA) is 161 Å². The summed E-state index contributed by atoms with van der Waals surface area (Å²) in [6.07, 6.45) is 4.81. The lowest BCUT2D eigenvalue weighted by Crippen LogP contribution is -2.73. The van der Waals surface area contributed by atoms with E-state index in [0.717, 1.165) is 0 Å². The molecule has 1 aromatic rings. The SMILES string of the molecule is CC1(C)CCC(=O)NC1C(=O)[N+]1(C(=O)[C@@H](N)Cc2cnc[nH]2)CCC[C@H]1C(N)=O. The van der Waals surface area contributed by atoms with Crippen LogP contribution in [0.25, 0.3) is 0 Å². The van der Waals surface area contributed by atoms with Gasteiger partial charge in [-0.3, -0.25) is 9.59 Å². The molecule has 2 aliphatic heterocycles. The number of H-pyrrole nitrogens is 1. The van der Waals surface area contributed by atoms with Gasteiger partial charge in [-0.25, -0.2) is 14.6 Å². The van der Waals surface area contributed by atoms with Gasteiger partial charge < -0.3 is 21.8 Å². The van der Waals surface area contributed by atoms with Crippen LogP contribution in [0.15, 0.2) is 12.5 Å². The summed E-state index contributed by atoms with van der Waals surface area (Å²) in [7, 11) is 0. The van der Waals surface area contributed by atoms with Crippen LogP contribution >= 0.6 is 0 Å². The molecule has 0 bridgehead atoms. The number of rotatable bonds is 5. The average Bonchev–Trinajstić information content (AvgIpc) is 3.32. The molecule has 0 spiro atoms. The maximum absolute atomic E-state index is 13.8. The van der Waals surface area contributed by atoms with Crippen molar-refractivity contribution in [2.45, 2.75) is 64.1 Å². The van der Waals surface area contributed by atoms with E-state index in [0.29, 0.717) is 31.4 Å². The van der Waals surface area contributed by atoms with Crippen molar-refractivity contribution in [2.75, 3.05) is 6.54 Å². The van der Waals surface area contributed by atoms with Crippen LogP contribution in [0.1, 0.15) is 45.2 Å². The highest BCUT2D eigenvalue weighted by atomic mass is 16.2. The number of nitrogens with one attached hydrogen (secondary N) is 2. The van der Waals surface area contributed by atoms with Crippen molar-refractivity contribution < 1.29 is 23.7 Å². The molecule has 0 aliphatic carbocycles. The Kier molecular flexibility index (Phi) is 5.59. The van der Waals surface area contributed by atoms with Crippen LogP contribution in [0.4, 0.5) is 0 Å². The average molecular weight is 405 g/mol. The third-order valence-corrected chi connectivity index (χ3v) is 6.28. The standard InChI is InChI=1S/C19H28N6O4/c1-19(2)6-5-14(26)24-15(19)18(29)25(7-3-4-13(25)16(21)27)17(28)12(20)8-11-9-22-10-23-11/h9-10,12-13,15H,3-8,20H2,1-2H3,(H3-,21,22,23,24,26,27)/p+1/t12-,13-,15?,25?/m0/s1. The van der Waals surface area contributed by atoms with E-state index in [2.05, 4.69) is 15.3 Å². The second-order valence-corrected chi connectivity index (χ2v) is 8.71. The Bertz CT molecular complexity index is 821. The highest BCUT2D eigenvalue weighted by molar-refractivity contribution is 5.96. The van der Waals surface area contributed by atoms with Gasteiger partial charge in [-0.1, -0.05) is 13.8 Å². The molecule has 0 saturated carbocycles. The number of likely N-dealkylation sites (tertiary alicyclic amines) is 1. The highest BCUT2D eigenvalue weighted by Gasteiger charge is 2.62. The smallest absolute Gasteiger partial charge is 0.344 e. The molecule has 4 amide bonds. The van der Waals surface area contributed by atoms with Crippen molar-refractivity contribution >= 4 is 23.6 Å². The van der Waals surface area contributed by atoms with E-state index in [-0.39, 0.29) is 18.9 Å². The zero-order chi connectivity index (χ0) is 21.4. The number of carbonyl (C=O) groups excluding carboxylic acids is 4. The Morgan fingerprint density at radius 3 is 2.72 bits per heavy atom. The first kappa shape index (κ1) is 21.1. The van der Waals surface area contributed by atoms with Gasteiger partial charge in [-0.15, -0.1) is 0 Å². The fraction of sp³-hybridized carbons (Fsp3) is 0.632. The molecule has 10 heteroatoms. The minimum absolute atomic E-state index is 0.143. The highest BCUT2D eigenvalue weighted by Crippen LogP contribution is 2.37. The molecular formula is C19H29N6O4+. The van der Waals surface area contributed by atoms with E-state index < -0.39 is 45.7 Å². The van der Waals surface area contributed by atoms with Crippen molar-refractivity contribution in [2.24, 2.45) is 16.9 Å². The molecular weight excluding hydrogens is 376 g/mol. The Morgan fingerprint density at radius 1 is 1.38 bits per heavy atom. The number of nitrogens with two attached hydrogens (primary N) is 2. The van der Waals surface area contributed by atoms with Crippen molar-refractivity contribution in [1.29, 1.82) is 0 Å². The molecule has 2 saturated heterocycles. The molecule has 158 valence electrons. The molecule has 2 fully saturated rings. The van der Waals surface area contributed by atoms with Gasteiger partial charge in [-0.2, -0.15) is 4.48 Å². The molecule has 1 aromatic heterocycles. The lowest BCUT2D eigenvalue weighted by Gasteiger charge is -2.43. The van der Waals surface area contributed by atoms with E-state index in [9.17, 15) is 19.2 Å². The molecule has 2 aliphatic rings. The number of piperidine rings is 1. The summed E-state index contributed by atoms with van der Waals surface area (Å²) < 4.78 is -0.737. The molecule has 6 N–H and O–H groups in total. The Hall–Kier alpha value is -2.59. The number of amides is 4. The van der Waals surface area contributed by atoms with Crippen LogP contribution in [0.3, 0.4) is 0 Å². The van der Waals surface area contributed by atoms with Crippen LogP contribution in [0, 0.1) is 5.41 Å². The van der Waals surface area contributed by atoms with Crippen molar-refractivity contribution in [1.82, 2.24) is 15.3 Å². The molecule has 10 nitrogen and oxygen atoms in total. The van der Waals surface area contributed by atoms with Gasteiger partial charge in [-0.05, 0) is 11.8 Å². The van der Waals surface area contributed by atoms with Gasteiger partial charge in [0.1, 0.15) is 6.04 Å². The lowest BCUT2D eigenvalue weighted by atomic mass is 9.76. The Labute approximate surface area is 169 Å². The van der Waals surface area contributed by atoms with Crippen LogP contribution in [0.2, 0.25) is 0 Å². The summed E-state index contributed by atoms with van der Waals surface area (Å²) in [5.74, 6) is -2.02. The van der Waals surface area contributed by atoms with Gasteiger partial charge in [0.25, 0.3) is 5.91 Å². The molecule has 29 heavy (non-hydrogen) atoms. The number of hydrogen-bond acceptors (Lipinski definition) is 6. The molecule has 3 rings (SSSR count). The zero-order valence-corrected chi connectivity index (χ0v) is 16.8. The van der Waals surface area contributed by atoms with E-state index in [1.165, 1.54) is 6.33 Å². The predicted octanol–water partition coefficient (Wildman–Crippen LogP) is -0.898. The Morgan fingerprint density at radius 2 is 2.10 bits per heavy atom. The molecule has 3 heterocycles. The summed E-state index contributed by atoms with van der Waals surface area (Å²) in [5, 5.41) is 2.74. The minimum Gasteiger partial charge on any atom is -0.364 e. The summed E-state index contributed by atoms with van der Waals surface area (Å²) in [4.78, 5) is 58.4. The maximum atomic E-state index is 13.8. The second-order valence-electron chi connectivity index (χ2n) is 8.71. The number of primary amides is 1. The van der Waals surface area contributed by atoms with E-state index >= 15 is 0 Å². The van der Waals surface area contributed by atoms with Crippen LogP contribution < -0.4 is 16.8 Å². The number of aromatic nitrogens is 2. The first-order valence-corrected chi connectivity index (χ1v) is 9.87. The summed E-state index contributed by atoms with van der Waals surface area (Å²) >= 11 is 0. The van der Waals surface area contributed by atoms with Crippen LogP contribution in [-0.4, -0.2) is 62.7 Å². The van der Waals surface area contributed by atoms with Crippen molar-refractivity contribution in [3.8, 4) is 0 Å². The van der Waals surface area contributed by atoms with Crippen LogP contribution in [-0.2, 0) is 25.6 Å². The number of quaternary nitrogens is 1. The van der Waals surface area contributed by atoms with Crippen molar-refractivity contribution in [3.05, 3.63) is 18.2 Å². The van der Waals surface area contributed by atoms with Gasteiger partial charge in [0.05, 0.1) is 12.9 Å². The largest absolute Gasteiger partial charge is 0.364 e. The summed E-state index contributed by atoms with van der Waals surface area (Å²) in [5.41, 5.74) is 11.9. The molecule has 2 unspecified atom stereocenters. The third-order valence-electron chi connectivity index (χ3n) is 6.28. The quantitative estimate of drug-likeness (QED) is 0.464. The zero-order valence-electron chi connectivity index (χ0n) is 16.8. The predicted molar refractivity (Wildman–Crippen MR) is 103 cm³/mol. The number of hydrogen-bond donors (Lipinski definition) is 4. The third kappa shape index (κ3) is 3.69. The van der Waals surface area contributed by atoms with E-state index in [4.69, 9.17) is 11.5 Å². The fourth-order valence-electron chi connectivity index (χ4n) is 4.56. The summed E-state index contributed by atoms with van der Waals surface area (Å²) in [6, 6.07) is -2.91. The van der Waals surface area contributed by atoms with E-state index in [1.54, 1.807) is 6.20 Å². The first-order chi connectivity index (χ1) is 13.6. The Balaban J connectivity index is 1.99. The molecule has 0 aromatic carbocycles. The first-order valence-electron chi connectivity index (χ1n) is 9.87. The van der Waals surface area contributed by atoms with Crippen LogP contribution in [0.5, 0.6) is 0 Å². The maximum Gasteiger partial charge on any atom is 0.344 e. The molecule has 4 atom stereocenters. The minimum atomic E-state index is -1.03. The van der Waals surface area contributed by atoms with Crippen molar-refractivity contribution in [3.63, 3.8) is 0 Å². The van der Waals surface area contributed by atoms with Gasteiger partial charge in [0, 0.05) is 37.6 Å². The lowest BCUT2D eigenvalue weighted by molar-refractivity contribution is -0.784. The number of imidazole rings is 1. The second kappa shape index (κ2) is 7.68. The van der Waals surface area contributed by atoms with Gasteiger partial charge in [0.2, 0.25) is 5.91 Å². The van der Waals surface area contributed by atoms with E-state index in [1.807, 2.05) is 13.8 Å².